The summed E-state index contributed by atoms with van der Waals surface area (Å²) >= 11 is 14.9. The Labute approximate surface area is 122 Å². The van der Waals surface area contributed by atoms with Crippen molar-refractivity contribution in [1.29, 1.82) is 0 Å². The van der Waals surface area contributed by atoms with Gasteiger partial charge in [-0.15, -0.1) is 35.0 Å². The Morgan fingerprint density at radius 3 is 1.61 bits per heavy atom. The molecule has 2 aromatic carbocycles. The second-order valence-corrected chi connectivity index (χ2v) is 6.23. The zero-order valence-corrected chi connectivity index (χ0v) is 12.3. The molecule has 1 atom stereocenters. The molecule has 0 N–H and O–H groups in total. The van der Waals surface area contributed by atoms with Gasteiger partial charge in [0.1, 0.15) is 9.58 Å². The molecule has 0 aliphatic rings. The molecule has 3 heteroatoms. The van der Waals surface area contributed by atoms with E-state index in [1.165, 1.54) is 0 Å². The van der Waals surface area contributed by atoms with E-state index < -0.39 is 4.87 Å². The second-order valence-electron chi connectivity index (χ2n) is 4.00. The van der Waals surface area contributed by atoms with Crippen LogP contribution in [0.5, 0.6) is 0 Å². The van der Waals surface area contributed by atoms with E-state index in [1.807, 2.05) is 66.9 Å². The van der Waals surface area contributed by atoms with Crippen LogP contribution >= 0.6 is 35.0 Å². The predicted octanol–water partition coefficient (Wildman–Crippen LogP) is 5.10. The highest BCUT2D eigenvalue weighted by Gasteiger charge is 2.38. The highest BCUT2D eigenvalue weighted by atomic mass is 35.5. The Morgan fingerprint density at radius 1 is 0.889 bits per heavy atom. The molecule has 2 aromatic rings. The van der Waals surface area contributed by atoms with Gasteiger partial charge < -0.3 is 0 Å². The van der Waals surface area contributed by atoms with Gasteiger partial charge in [-0.2, -0.15) is 0 Å². The zero-order chi connectivity index (χ0) is 13.0. The predicted molar refractivity (Wildman–Crippen MR) is 82.7 cm³/mol. The summed E-state index contributed by atoms with van der Waals surface area (Å²) in [6.45, 7) is 0. The Bertz CT molecular complexity index is 445. The molecule has 0 aromatic heterocycles. The van der Waals surface area contributed by atoms with Crippen molar-refractivity contribution in [2.24, 2.45) is 0 Å². The van der Waals surface area contributed by atoms with E-state index in [2.05, 4.69) is 0 Å². The van der Waals surface area contributed by atoms with E-state index in [1.54, 1.807) is 11.8 Å². The third-order valence-electron chi connectivity index (χ3n) is 2.91. The Morgan fingerprint density at radius 2 is 1.28 bits per heavy atom. The summed E-state index contributed by atoms with van der Waals surface area (Å²) in [6.07, 6.45) is 1.97. The molecule has 2 rings (SSSR count). The van der Waals surface area contributed by atoms with Crippen LogP contribution in [0.25, 0.3) is 0 Å². The Hall–Kier alpha value is -0.630. The van der Waals surface area contributed by atoms with E-state index >= 15 is 0 Å². The number of hydrogen-bond donors (Lipinski definition) is 0. The number of halogens is 2. The molecule has 0 nitrogen and oxygen atoms in total. The van der Waals surface area contributed by atoms with Crippen LogP contribution in [0.2, 0.25) is 0 Å². The average Bonchev–Trinajstić information content (AvgIpc) is 2.47. The van der Waals surface area contributed by atoms with Gasteiger partial charge in [-0.05, 0) is 17.4 Å². The van der Waals surface area contributed by atoms with Crippen LogP contribution in [0, 0.1) is 0 Å². The van der Waals surface area contributed by atoms with Crippen molar-refractivity contribution in [3.8, 4) is 0 Å². The van der Waals surface area contributed by atoms with Crippen molar-refractivity contribution in [1.82, 2.24) is 0 Å². The van der Waals surface area contributed by atoms with Crippen molar-refractivity contribution in [2.45, 2.75) is 9.58 Å². The molecule has 0 aliphatic carbocycles. The van der Waals surface area contributed by atoms with Crippen LogP contribution in [0.4, 0.5) is 0 Å². The summed E-state index contributed by atoms with van der Waals surface area (Å²) in [5.74, 6) is 0. The zero-order valence-electron chi connectivity index (χ0n) is 10.0. The quantitative estimate of drug-likeness (QED) is 0.708. The van der Waals surface area contributed by atoms with Crippen LogP contribution in [-0.4, -0.2) is 11.0 Å². The first-order valence-corrected chi connectivity index (χ1v) is 7.76. The van der Waals surface area contributed by atoms with Crippen LogP contribution in [-0.2, 0) is 4.87 Å². The maximum Gasteiger partial charge on any atom is 0.120 e. The molecule has 1 unspecified atom stereocenters. The molecule has 0 spiro atoms. The first-order valence-electron chi connectivity index (χ1n) is 5.66. The molecular formula is C15H14Cl2S. The van der Waals surface area contributed by atoms with Crippen molar-refractivity contribution >= 4 is 35.0 Å². The molecule has 0 fully saturated rings. The van der Waals surface area contributed by atoms with E-state index in [9.17, 15) is 0 Å². The molecule has 0 amide bonds. The fourth-order valence-electron chi connectivity index (χ4n) is 1.95. The van der Waals surface area contributed by atoms with Crippen molar-refractivity contribution in [2.75, 3.05) is 6.26 Å². The smallest absolute Gasteiger partial charge is 0.120 e. The lowest BCUT2D eigenvalue weighted by Gasteiger charge is -2.32. The van der Waals surface area contributed by atoms with E-state index in [-0.39, 0.29) is 4.71 Å². The van der Waals surface area contributed by atoms with Gasteiger partial charge in [0.25, 0.3) is 0 Å². The highest BCUT2D eigenvalue weighted by molar-refractivity contribution is 8.00. The van der Waals surface area contributed by atoms with Gasteiger partial charge in [0.2, 0.25) is 0 Å². The van der Waals surface area contributed by atoms with E-state index in [0.717, 1.165) is 11.1 Å². The van der Waals surface area contributed by atoms with Gasteiger partial charge in [0, 0.05) is 0 Å². The fourth-order valence-corrected chi connectivity index (χ4v) is 3.32. The molecule has 18 heavy (non-hydrogen) atoms. The largest absolute Gasteiger partial charge is 0.143 e. The topological polar surface area (TPSA) is 0 Å². The van der Waals surface area contributed by atoms with Gasteiger partial charge in [-0.1, -0.05) is 60.7 Å². The first-order chi connectivity index (χ1) is 8.69. The number of thioether (sulfide) groups is 1. The lowest BCUT2D eigenvalue weighted by Crippen LogP contribution is -2.29. The number of alkyl halides is 2. The Balaban J connectivity index is 2.55. The van der Waals surface area contributed by atoms with Crippen LogP contribution in [0.1, 0.15) is 11.1 Å². The maximum atomic E-state index is 6.89. The summed E-state index contributed by atoms with van der Waals surface area (Å²) in [5.41, 5.74) is 2.04. The normalized spacial score (nSPS) is 13.3. The highest BCUT2D eigenvalue weighted by Crippen LogP contribution is 2.45. The molecule has 0 heterocycles. The summed E-state index contributed by atoms with van der Waals surface area (Å²) < 4.78 is -0.232. The Kier molecular flexibility index (Phi) is 4.60. The van der Waals surface area contributed by atoms with Gasteiger partial charge in [-0.3, -0.25) is 0 Å². The fraction of sp³-hybridized carbons (Fsp3) is 0.200. The molecule has 94 valence electrons. The average molecular weight is 297 g/mol. The lowest BCUT2D eigenvalue weighted by molar-refractivity contribution is 0.798. The summed E-state index contributed by atoms with van der Waals surface area (Å²) in [4.78, 5) is -0.705. The van der Waals surface area contributed by atoms with E-state index in [4.69, 9.17) is 23.2 Å². The van der Waals surface area contributed by atoms with Crippen LogP contribution in [0.15, 0.2) is 60.7 Å². The van der Waals surface area contributed by atoms with Gasteiger partial charge in [0.15, 0.2) is 0 Å². The summed E-state index contributed by atoms with van der Waals surface area (Å²) in [6, 6.07) is 20.0. The van der Waals surface area contributed by atoms with E-state index in [0.29, 0.717) is 0 Å². The van der Waals surface area contributed by atoms with Gasteiger partial charge in [0.05, 0.1) is 0 Å². The molecule has 0 saturated carbocycles. The van der Waals surface area contributed by atoms with Gasteiger partial charge >= 0.3 is 0 Å². The lowest BCUT2D eigenvalue weighted by atomic mass is 9.92. The minimum atomic E-state index is -0.705. The molecule has 0 bridgehead atoms. The van der Waals surface area contributed by atoms with Crippen molar-refractivity contribution in [3.05, 3.63) is 71.8 Å². The van der Waals surface area contributed by atoms with Crippen molar-refractivity contribution < 1.29 is 0 Å². The number of benzene rings is 2. The third-order valence-corrected chi connectivity index (χ3v) is 5.43. The van der Waals surface area contributed by atoms with Crippen molar-refractivity contribution in [3.63, 3.8) is 0 Å². The molecular weight excluding hydrogens is 283 g/mol. The second kappa shape index (κ2) is 6.01. The maximum absolute atomic E-state index is 6.89. The third kappa shape index (κ3) is 2.54. The summed E-state index contributed by atoms with van der Waals surface area (Å²) in [5, 5.41) is 0. The number of hydrogen-bond acceptors (Lipinski definition) is 1. The standard InChI is InChI=1S/C15H14Cl2S/c1-18-14(16)15(17,12-8-4-2-5-9-12)13-10-6-3-7-11-13/h2-11,14H,1H3. The first kappa shape index (κ1) is 13.8. The van der Waals surface area contributed by atoms with Gasteiger partial charge in [-0.25, -0.2) is 0 Å². The minimum Gasteiger partial charge on any atom is -0.143 e. The number of rotatable bonds is 4. The molecule has 0 radical (unpaired) electrons. The minimum absolute atomic E-state index is 0.232. The summed E-state index contributed by atoms with van der Waals surface area (Å²) in [7, 11) is 0. The monoisotopic (exact) mass is 296 g/mol. The SMILES string of the molecule is CSC(Cl)C(Cl)(c1ccccc1)c1ccccc1. The van der Waals surface area contributed by atoms with Crippen LogP contribution < -0.4 is 0 Å². The molecule has 0 aliphatic heterocycles. The molecule has 0 saturated heterocycles. The van der Waals surface area contributed by atoms with Crippen LogP contribution in [0.3, 0.4) is 0 Å².